The number of rotatable bonds is 4. The van der Waals surface area contributed by atoms with E-state index < -0.39 is 6.04 Å². The van der Waals surface area contributed by atoms with E-state index in [-0.39, 0.29) is 17.7 Å². The number of ether oxygens (including phenoxy) is 1. The van der Waals surface area contributed by atoms with Crippen LogP contribution in [0.25, 0.3) is 10.6 Å². The number of amides is 2. The fraction of sp³-hybridized carbons (Fsp3) is 0.524. The average Bonchev–Trinajstić information content (AvgIpc) is 3.20. The van der Waals surface area contributed by atoms with Crippen LogP contribution in [0.2, 0.25) is 0 Å². The number of likely N-dealkylation sites (tertiary alicyclic amines) is 1. The van der Waals surface area contributed by atoms with E-state index >= 15 is 0 Å². The predicted octanol–water partition coefficient (Wildman–Crippen LogP) is 3.26. The standard InChI is InChI=1S/C21H26N4O3S/c1-14-23-24-20(29-14)16-5-4-6-17(13-16)22-19(26)18-7-2-3-10-25(18)21(27)15-8-11-28-12-9-15/h4-6,13,15,18H,2-3,7-12H2,1H3,(H,22,26)/t18-/m0/s1. The maximum Gasteiger partial charge on any atom is 0.247 e. The molecule has 0 unspecified atom stereocenters. The van der Waals surface area contributed by atoms with Crippen molar-refractivity contribution in [1.82, 2.24) is 15.1 Å². The minimum atomic E-state index is -0.411. The van der Waals surface area contributed by atoms with Crippen molar-refractivity contribution in [3.63, 3.8) is 0 Å². The van der Waals surface area contributed by atoms with Crippen molar-refractivity contribution >= 4 is 28.8 Å². The van der Waals surface area contributed by atoms with Gasteiger partial charge in [0.15, 0.2) is 0 Å². The molecule has 154 valence electrons. The lowest BCUT2D eigenvalue weighted by Crippen LogP contribution is -2.52. The molecule has 4 rings (SSSR count). The molecule has 8 heteroatoms. The van der Waals surface area contributed by atoms with Gasteiger partial charge in [-0.25, -0.2) is 0 Å². The third kappa shape index (κ3) is 4.64. The van der Waals surface area contributed by atoms with Gasteiger partial charge >= 0.3 is 0 Å². The van der Waals surface area contributed by atoms with Crippen LogP contribution in [0.15, 0.2) is 24.3 Å². The predicted molar refractivity (Wildman–Crippen MR) is 112 cm³/mol. The number of benzene rings is 1. The summed E-state index contributed by atoms with van der Waals surface area (Å²) in [5.74, 6) is -0.0388. The number of nitrogens with zero attached hydrogens (tertiary/aromatic N) is 3. The van der Waals surface area contributed by atoms with Crippen LogP contribution in [0, 0.1) is 12.8 Å². The molecule has 2 aliphatic rings. The minimum absolute atomic E-state index is 0.0267. The highest BCUT2D eigenvalue weighted by molar-refractivity contribution is 7.14. The van der Waals surface area contributed by atoms with Crippen molar-refractivity contribution < 1.29 is 14.3 Å². The van der Waals surface area contributed by atoms with Crippen molar-refractivity contribution in [2.24, 2.45) is 5.92 Å². The second kappa shape index (κ2) is 9.00. The van der Waals surface area contributed by atoms with Gasteiger partial charge in [-0.2, -0.15) is 0 Å². The highest BCUT2D eigenvalue weighted by Gasteiger charge is 2.36. The van der Waals surface area contributed by atoms with Crippen LogP contribution in [-0.2, 0) is 14.3 Å². The summed E-state index contributed by atoms with van der Waals surface area (Å²) in [6.07, 6.45) is 4.10. The molecule has 1 atom stereocenters. The van der Waals surface area contributed by atoms with E-state index in [1.54, 1.807) is 4.90 Å². The Bertz CT molecular complexity index is 878. The van der Waals surface area contributed by atoms with Gasteiger partial charge in [0.2, 0.25) is 11.8 Å². The van der Waals surface area contributed by atoms with Crippen molar-refractivity contribution in [2.45, 2.75) is 45.1 Å². The van der Waals surface area contributed by atoms with Crippen LogP contribution in [-0.4, -0.2) is 52.7 Å². The summed E-state index contributed by atoms with van der Waals surface area (Å²) in [5, 5.41) is 13.0. The molecule has 2 fully saturated rings. The zero-order valence-corrected chi connectivity index (χ0v) is 17.4. The molecule has 2 amide bonds. The number of anilines is 1. The molecule has 0 radical (unpaired) electrons. The van der Waals surface area contributed by atoms with E-state index in [1.807, 2.05) is 31.2 Å². The molecule has 29 heavy (non-hydrogen) atoms. The van der Waals surface area contributed by atoms with Gasteiger partial charge in [0.1, 0.15) is 16.1 Å². The molecule has 1 aromatic carbocycles. The van der Waals surface area contributed by atoms with Crippen LogP contribution < -0.4 is 5.32 Å². The highest BCUT2D eigenvalue weighted by atomic mass is 32.1. The second-order valence-electron chi connectivity index (χ2n) is 7.63. The van der Waals surface area contributed by atoms with Gasteiger partial charge in [0.05, 0.1) is 0 Å². The average molecular weight is 415 g/mol. The molecule has 2 saturated heterocycles. The second-order valence-corrected chi connectivity index (χ2v) is 8.81. The molecule has 3 heterocycles. The van der Waals surface area contributed by atoms with Crippen LogP contribution in [0.5, 0.6) is 0 Å². The molecule has 2 aromatic rings. The van der Waals surface area contributed by atoms with Gasteiger partial charge in [0.25, 0.3) is 0 Å². The van der Waals surface area contributed by atoms with Crippen LogP contribution in [0.4, 0.5) is 5.69 Å². The number of hydrogen-bond acceptors (Lipinski definition) is 6. The zero-order chi connectivity index (χ0) is 20.2. The molecule has 0 bridgehead atoms. The Morgan fingerprint density at radius 3 is 2.76 bits per heavy atom. The first-order chi connectivity index (χ1) is 14.1. The first kappa shape index (κ1) is 20.0. The number of aryl methyl sites for hydroxylation is 1. The number of carbonyl (C=O) groups is 2. The van der Waals surface area contributed by atoms with Crippen molar-refractivity contribution in [3.05, 3.63) is 29.3 Å². The van der Waals surface area contributed by atoms with Crippen molar-refractivity contribution in [3.8, 4) is 10.6 Å². The first-order valence-corrected chi connectivity index (χ1v) is 11.0. The van der Waals surface area contributed by atoms with Gasteiger partial charge in [-0.15, -0.1) is 10.2 Å². The largest absolute Gasteiger partial charge is 0.381 e. The Hall–Kier alpha value is -2.32. The van der Waals surface area contributed by atoms with Crippen LogP contribution in [0.3, 0.4) is 0 Å². The maximum absolute atomic E-state index is 13.1. The summed E-state index contributed by atoms with van der Waals surface area (Å²) >= 11 is 1.52. The topological polar surface area (TPSA) is 84.4 Å². The molecule has 0 aliphatic carbocycles. The normalized spacial score (nSPS) is 20.4. The lowest BCUT2D eigenvalue weighted by Gasteiger charge is -2.37. The molecule has 1 aromatic heterocycles. The van der Waals surface area contributed by atoms with Crippen molar-refractivity contribution in [1.29, 1.82) is 0 Å². The summed E-state index contributed by atoms with van der Waals surface area (Å²) in [6.45, 7) is 3.82. The number of hydrogen-bond donors (Lipinski definition) is 1. The Labute approximate surface area is 174 Å². The van der Waals surface area contributed by atoms with E-state index in [9.17, 15) is 9.59 Å². The van der Waals surface area contributed by atoms with E-state index in [0.29, 0.717) is 31.9 Å². The quantitative estimate of drug-likeness (QED) is 0.830. The highest BCUT2D eigenvalue weighted by Crippen LogP contribution is 2.27. The molecular weight excluding hydrogens is 388 g/mol. The monoisotopic (exact) mass is 414 g/mol. The molecule has 2 aliphatic heterocycles. The van der Waals surface area contributed by atoms with Crippen molar-refractivity contribution in [2.75, 3.05) is 25.1 Å². The molecule has 0 saturated carbocycles. The summed E-state index contributed by atoms with van der Waals surface area (Å²) in [7, 11) is 0. The summed E-state index contributed by atoms with van der Waals surface area (Å²) in [5.41, 5.74) is 1.64. The Morgan fingerprint density at radius 1 is 1.17 bits per heavy atom. The van der Waals surface area contributed by atoms with Gasteiger partial charge in [-0.05, 0) is 51.2 Å². The molecule has 7 nitrogen and oxygen atoms in total. The Morgan fingerprint density at radius 2 is 2.00 bits per heavy atom. The lowest BCUT2D eigenvalue weighted by molar-refractivity contribution is -0.146. The minimum Gasteiger partial charge on any atom is -0.381 e. The summed E-state index contributed by atoms with van der Waals surface area (Å²) in [6, 6.07) is 7.21. The zero-order valence-electron chi connectivity index (χ0n) is 16.6. The Kier molecular flexibility index (Phi) is 6.20. The van der Waals surface area contributed by atoms with Gasteiger partial charge in [0, 0.05) is 36.9 Å². The number of piperidine rings is 1. The lowest BCUT2D eigenvalue weighted by atomic mass is 9.94. The van der Waals surface area contributed by atoms with Gasteiger partial charge in [-0.3, -0.25) is 9.59 Å². The van der Waals surface area contributed by atoms with Crippen LogP contribution >= 0.6 is 11.3 Å². The van der Waals surface area contributed by atoms with Gasteiger partial charge < -0.3 is 15.0 Å². The number of aromatic nitrogens is 2. The smallest absolute Gasteiger partial charge is 0.247 e. The maximum atomic E-state index is 13.1. The SMILES string of the molecule is Cc1nnc(-c2cccc(NC(=O)[C@@H]3CCCCN3C(=O)C3CCOCC3)c2)s1. The summed E-state index contributed by atoms with van der Waals surface area (Å²) in [4.78, 5) is 27.9. The fourth-order valence-corrected chi connectivity index (χ4v) is 4.70. The third-order valence-electron chi connectivity index (χ3n) is 5.56. The van der Waals surface area contributed by atoms with E-state index in [2.05, 4.69) is 15.5 Å². The van der Waals surface area contributed by atoms with Crippen LogP contribution in [0.1, 0.15) is 37.1 Å². The number of nitrogens with one attached hydrogen (secondary N) is 1. The molecule has 0 spiro atoms. The third-order valence-corrected chi connectivity index (χ3v) is 6.45. The summed E-state index contributed by atoms with van der Waals surface area (Å²) < 4.78 is 5.38. The van der Waals surface area contributed by atoms with Gasteiger partial charge in [-0.1, -0.05) is 23.5 Å². The van der Waals surface area contributed by atoms with E-state index in [0.717, 1.165) is 41.3 Å². The van der Waals surface area contributed by atoms with E-state index in [4.69, 9.17) is 4.74 Å². The Balaban J connectivity index is 1.47. The number of carbonyl (C=O) groups excluding carboxylic acids is 2. The molecular formula is C21H26N4O3S. The molecule has 1 N–H and O–H groups in total. The first-order valence-electron chi connectivity index (χ1n) is 10.2. The van der Waals surface area contributed by atoms with E-state index in [1.165, 1.54) is 11.3 Å². The fourth-order valence-electron chi connectivity index (χ4n) is 4.02.